The first-order valence-corrected chi connectivity index (χ1v) is 20.2. The number of carbonyl (C=O) groups is 2. The molecule has 270 valence electrons. The lowest BCUT2D eigenvalue weighted by molar-refractivity contribution is -0.161. The monoisotopic (exact) mass is 672 g/mol. The molecule has 0 saturated heterocycles. The Hall–Kier alpha value is -1.47. The van der Waals surface area contributed by atoms with Gasteiger partial charge in [-0.05, 0) is 57.8 Å². The summed E-state index contributed by atoms with van der Waals surface area (Å²) in [5, 5.41) is 0. The van der Waals surface area contributed by atoms with E-state index in [0.717, 1.165) is 70.6 Å². The van der Waals surface area contributed by atoms with E-state index in [1.54, 1.807) is 0 Å². The fourth-order valence-corrected chi connectivity index (χ4v) is 5.47. The highest BCUT2D eigenvalue weighted by atomic mass is 31.2. The quantitative estimate of drug-likeness (QED) is 0.0300. The average Bonchev–Trinajstić information content (AvgIpc) is 3.02. The summed E-state index contributed by atoms with van der Waals surface area (Å²) >= 11 is 0. The Bertz CT molecular complexity index is 807. The second-order valence-electron chi connectivity index (χ2n) is 12.5. The molecule has 0 heterocycles. The fraction of sp³-hybridized carbons (Fsp3) is 0.838. The van der Waals surface area contributed by atoms with Gasteiger partial charge < -0.3 is 19.3 Å². The van der Waals surface area contributed by atoms with Gasteiger partial charge in [-0.3, -0.25) is 14.1 Å². The molecule has 1 atom stereocenters. The lowest BCUT2D eigenvalue weighted by Crippen LogP contribution is -2.29. The highest BCUT2D eigenvalue weighted by Gasteiger charge is 2.22. The van der Waals surface area contributed by atoms with Crippen molar-refractivity contribution in [3.63, 3.8) is 0 Å². The summed E-state index contributed by atoms with van der Waals surface area (Å²) in [5.74, 6) is -0.899. The van der Waals surface area contributed by atoms with Gasteiger partial charge in [0, 0.05) is 12.8 Å². The van der Waals surface area contributed by atoms with E-state index in [0.29, 0.717) is 6.42 Å². The molecule has 0 aliphatic carbocycles. The van der Waals surface area contributed by atoms with Crippen LogP contribution in [-0.4, -0.2) is 41.0 Å². The molecule has 46 heavy (non-hydrogen) atoms. The zero-order valence-electron chi connectivity index (χ0n) is 29.5. The topological polar surface area (TPSA) is 119 Å². The molecular formula is C37H69O8P. The molecule has 0 rings (SSSR count). The zero-order valence-corrected chi connectivity index (χ0v) is 30.4. The number of ether oxygens (including phenoxy) is 2. The van der Waals surface area contributed by atoms with Gasteiger partial charge in [-0.1, -0.05) is 134 Å². The van der Waals surface area contributed by atoms with Crippen molar-refractivity contribution in [2.24, 2.45) is 0 Å². The van der Waals surface area contributed by atoms with Gasteiger partial charge in [0.2, 0.25) is 0 Å². The van der Waals surface area contributed by atoms with Crippen molar-refractivity contribution in [1.82, 2.24) is 0 Å². The number of hydrogen-bond donors (Lipinski definition) is 2. The minimum atomic E-state index is -4.75. The predicted octanol–water partition coefficient (Wildman–Crippen LogP) is 10.8. The second-order valence-corrected chi connectivity index (χ2v) is 13.8. The normalized spacial score (nSPS) is 12.7. The summed E-state index contributed by atoms with van der Waals surface area (Å²) < 4.78 is 26.2. The summed E-state index contributed by atoms with van der Waals surface area (Å²) in [6, 6.07) is 0. The van der Waals surface area contributed by atoms with Gasteiger partial charge in [0.05, 0.1) is 6.61 Å². The lowest BCUT2D eigenvalue weighted by Gasteiger charge is -2.18. The van der Waals surface area contributed by atoms with Gasteiger partial charge in [-0.2, -0.15) is 0 Å². The van der Waals surface area contributed by atoms with E-state index in [9.17, 15) is 14.2 Å². The van der Waals surface area contributed by atoms with Crippen molar-refractivity contribution in [3.05, 3.63) is 24.3 Å². The molecule has 8 nitrogen and oxygen atoms in total. The number of phosphoric acid groups is 1. The van der Waals surface area contributed by atoms with Crippen LogP contribution < -0.4 is 0 Å². The van der Waals surface area contributed by atoms with Gasteiger partial charge in [-0.15, -0.1) is 0 Å². The van der Waals surface area contributed by atoms with Crippen LogP contribution in [0.3, 0.4) is 0 Å². The number of carbonyl (C=O) groups excluding carboxylic acids is 2. The molecular weight excluding hydrogens is 603 g/mol. The van der Waals surface area contributed by atoms with E-state index in [1.165, 1.54) is 77.0 Å². The maximum atomic E-state index is 12.3. The summed E-state index contributed by atoms with van der Waals surface area (Å²) in [7, 11) is -4.75. The molecule has 0 aromatic rings. The van der Waals surface area contributed by atoms with Gasteiger partial charge in [0.15, 0.2) is 6.10 Å². The van der Waals surface area contributed by atoms with Gasteiger partial charge in [0.25, 0.3) is 0 Å². The molecule has 0 amide bonds. The third kappa shape index (κ3) is 35.4. The Morgan fingerprint density at radius 1 is 0.543 bits per heavy atom. The Morgan fingerprint density at radius 3 is 1.39 bits per heavy atom. The van der Waals surface area contributed by atoms with Gasteiger partial charge in [-0.25, -0.2) is 4.57 Å². The van der Waals surface area contributed by atoms with Crippen molar-refractivity contribution < 1.29 is 37.9 Å². The largest absolute Gasteiger partial charge is 0.469 e. The maximum Gasteiger partial charge on any atom is 0.469 e. The molecule has 0 fully saturated rings. The van der Waals surface area contributed by atoms with Crippen molar-refractivity contribution >= 4 is 19.8 Å². The van der Waals surface area contributed by atoms with E-state index in [-0.39, 0.29) is 19.4 Å². The standard InChI is InChI=1S/C37H69O8P/c1-3-5-7-9-11-13-15-16-17-18-19-20-22-23-25-27-29-31-36(38)43-33-35(34-44-46(40,41)42)45-37(39)32-30-28-26-24-21-14-12-10-8-6-4-2/h10,12,16-17,35H,3-9,11,13-15,18-34H2,1-2H3,(H2,40,41,42)/b12-10+,17-16+/t35-/m1/s1. The number of unbranched alkanes of at least 4 members (excludes halogenated alkanes) is 20. The van der Waals surface area contributed by atoms with E-state index >= 15 is 0 Å². The van der Waals surface area contributed by atoms with E-state index in [1.807, 2.05) is 0 Å². The first-order valence-electron chi connectivity index (χ1n) is 18.6. The molecule has 0 aromatic carbocycles. The molecule has 9 heteroatoms. The number of esters is 2. The third-order valence-corrected chi connectivity index (χ3v) is 8.43. The highest BCUT2D eigenvalue weighted by molar-refractivity contribution is 7.46. The average molecular weight is 673 g/mol. The van der Waals surface area contributed by atoms with Crippen LogP contribution in [0.1, 0.15) is 181 Å². The van der Waals surface area contributed by atoms with Crippen LogP contribution in [0.25, 0.3) is 0 Å². The molecule has 0 unspecified atom stereocenters. The lowest BCUT2D eigenvalue weighted by atomic mass is 10.1. The Morgan fingerprint density at radius 2 is 0.935 bits per heavy atom. The molecule has 0 saturated carbocycles. The summed E-state index contributed by atoms with van der Waals surface area (Å²) in [5.41, 5.74) is 0. The maximum absolute atomic E-state index is 12.3. The molecule has 0 radical (unpaired) electrons. The van der Waals surface area contributed by atoms with Crippen molar-refractivity contribution in [2.75, 3.05) is 13.2 Å². The van der Waals surface area contributed by atoms with Gasteiger partial charge >= 0.3 is 19.8 Å². The summed E-state index contributed by atoms with van der Waals surface area (Å²) in [4.78, 5) is 42.6. The van der Waals surface area contributed by atoms with Crippen LogP contribution in [0, 0.1) is 0 Å². The molecule has 0 aliphatic heterocycles. The van der Waals surface area contributed by atoms with Crippen LogP contribution in [0.15, 0.2) is 24.3 Å². The van der Waals surface area contributed by atoms with E-state index in [4.69, 9.17) is 19.3 Å². The van der Waals surface area contributed by atoms with Crippen LogP contribution in [0.4, 0.5) is 0 Å². The molecule has 0 aromatic heterocycles. The second kappa shape index (κ2) is 33.4. The first kappa shape index (κ1) is 44.5. The first-order chi connectivity index (χ1) is 22.3. The summed E-state index contributed by atoms with van der Waals surface area (Å²) in [6.45, 7) is 3.62. The SMILES string of the molecule is CCCC/C=C/CCCCCCCC(=O)O[C@H](COC(=O)CCCCCCCCC/C=C/CCCCCCCC)COP(=O)(O)O. The van der Waals surface area contributed by atoms with Crippen LogP contribution >= 0.6 is 7.82 Å². The molecule has 0 aliphatic rings. The number of rotatable bonds is 34. The molecule has 0 spiro atoms. The molecule has 2 N–H and O–H groups in total. The van der Waals surface area contributed by atoms with Crippen LogP contribution in [0.5, 0.6) is 0 Å². The van der Waals surface area contributed by atoms with E-state index in [2.05, 4.69) is 42.7 Å². The minimum absolute atomic E-state index is 0.202. The van der Waals surface area contributed by atoms with Gasteiger partial charge in [0.1, 0.15) is 6.61 Å². The Kier molecular flexibility index (Phi) is 32.4. The van der Waals surface area contributed by atoms with Crippen LogP contribution in [-0.2, 0) is 28.2 Å². The fourth-order valence-electron chi connectivity index (χ4n) is 5.11. The Labute approximate surface area is 281 Å². The van der Waals surface area contributed by atoms with E-state index < -0.39 is 32.5 Å². The number of phosphoric ester groups is 1. The predicted molar refractivity (Wildman–Crippen MR) is 189 cm³/mol. The molecule has 0 bridgehead atoms. The highest BCUT2D eigenvalue weighted by Crippen LogP contribution is 2.36. The zero-order chi connectivity index (χ0) is 34.0. The third-order valence-electron chi connectivity index (χ3n) is 7.94. The van der Waals surface area contributed by atoms with Crippen molar-refractivity contribution in [3.8, 4) is 0 Å². The van der Waals surface area contributed by atoms with Crippen molar-refractivity contribution in [1.29, 1.82) is 0 Å². The number of hydrogen-bond acceptors (Lipinski definition) is 6. The van der Waals surface area contributed by atoms with Crippen LogP contribution in [0.2, 0.25) is 0 Å². The minimum Gasteiger partial charge on any atom is -0.462 e. The number of allylic oxidation sites excluding steroid dienone is 4. The van der Waals surface area contributed by atoms with Crippen molar-refractivity contribution in [2.45, 2.75) is 187 Å². The smallest absolute Gasteiger partial charge is 0.462 e. The summed E-state index contributed by atoms with van der Waals surface area (Å²) in [6.07, 6.45) is 36.2. The Balaban J connectivity index is 3.94.